The Labute approximate surface area is 245 Å². The number of nitrogens with zero attached hydrogens (tertiary/aromatic N) is 7. The number of alkyl halides is 2. The number of rotatable bonds is 5. The Morgan fingerprint density at radius 3 is 2.20 bits per heavy atom. The molecule has 0 radical (unpaired) electrons. The van der Waals surface area contributed by atoms with Crippen molar-refractivity contribution in [2.45, 2.75) is 44.4 Å². The molecular weight excluding hydrogens is 592 g/mol. The van der Waals surface area contributed by atoms with E-state index in [9.17, 15) is 13.9 Å². The van der Waals surface area contributed by atoms with Gasteiger partial charge in [0.15, 0.2) is 0 Å². The summed E-state index contributed by atoms with van der Waals surface area (Å²) in [6.45, 7) is 2.31. The van der Waals surface area contributed by atoms with E-state index in [0.29, 0.717) is 34.0 Å². The van der Waals surface area contributed by atoms with Crippen LogP contribution in [-0.2, 0) is 0 Å². The molecule has 11 heteroatoms. The van der Waals surface area contributed by atoms with Crippen LogP contribution in [0.4, 0.5) is 20.4 Å². The lowest BCUT2D eigenvalue weighted by molar-refractivity contribution is -0.0222. The summed E-state index contributed by atoms with van der Waals surface area (Å²) >= 11 is 3.64. The van der Waals surface area contributed by atoms with E-state index in [1.807, 2.05) is 24.4 Å². The normalized spacial score (nSPS) is 19.5. The number of hydrogen-bond acceptors (Lipinski definition) is 7. The fourth-order valence-electron chi connectivity index (χ4n) is 5.91. The molecule has 2 aromatic heterocycles. The Morgan fingerprint density at radius 1 is 0.756 bits per heavy atom. The molecule has 3 fully saturated rings. The first-order valence-corrected chi connectivity index (χ1v) is 14.8. The molecule has 0 amide bonds. The Balaban J connectivity index is 1.25. The summed E-state index contributed by atoms with van der Waals surface area (Å²) in [5.41, 5.74) is 4.64. The standard InChI is InChI=1S/C30H30BrF2N7O/c31-20-5-6-25(26(17-20)38-13-9-29(7-8-29)10-14-38)40-19-24(36-37-40)23-18-22(21-3-1-2-4-27(21)41)34-28(35-23)39-15-11-30(32,33)12-16-39/h1-6,17-19,41H,7-16H2. The van der Waals surface area contributed by atoms with Crippen LogP contribution in [0.25, 0.3) is 28.3 Å². The molecule has 1 spiro atoms. The van der Waals surface area contributed by atoms with E-state index >= 15 is 0 Å². The maximum atomic E-state index is 13.9. The zero-order valence-corrected chi connectivity index (χ0v) is 24.1. The van der Waals surface area contributed by atoms with E-state index in [1.165, 1.54) is 25.7 Å². The van der Waals surface area contributed by atoms with Crippen LogP contribution in [-0.4, -0.2) is 62.2 Å². The molecule has 1 saturated carbocycles. The summed E-state index contributed by atoms with van der Waals surface area (Å²) in [4.78, 5) is 13.6. The van der Waals surface area contributed by atoms with Gasteiger partial charge in [0.25, 0.3) is 5.92 Å². The SMILES string of the molecule is Oc1ccccc1-c1cc(-c2cn(-c3ccc(Br)cc3N3CCC4(CC3)CC4)nn2)nc(N2CCC(F)(F)CC2)n1. The zero-order valence-electron chi connectivity index (χ0n) is 22.5. The molecule has 2 aromatic carbocycles. The number of halogens is 3. The number of hydrogen-bond donors (Lipinski definition) is 1. The van der Waals surface area contributed by atoms with Crippen molar-refractivity contribution in [1.29, 1.82) is 0 Å². The minimum Gasteiger partial charge on any atom is -0.507 e. The number of anilines is 2. The van der Waals surface area contributed by atoms with Crippen molar-refractivity contribution in [1.82, 2.24) is 25.0 Å². The summed E-state index contributed by atoms with van der Waals surface area (Å²) in [5.74, 6) is -2.28. The van der Waals surface area contributed by atoms with Gasteiger partial charge < -0.3 is 14.9 Å². The Morgan fingerprint density at radius 2 is 1.46 bits per heavy atom. The van der Waals surface area contributed by atoms with Gasteiger partial charge in [0, 0.05) is 49.1 Å². The van der Waals surface area contributed by atoms with E-state index < -0.39 is 5.92 Å². The molecule has 2 aliphatic heterocycles. The van der Waals surface area contributed by atoms with E-state index in [1.54, 1.807) is 33.8 Å². The summed E-state index contributed by atoms with van der Waals surface area (Å²) in [6.07, 6.45) is 6.44. The fourth-order valence-corrected chi connectivity index (χ4v) is 6.26. The molecule has 3 aliphatic rings. The van der Waals surface area contributed by atoms with Crippen molar-refractivity contribution in [3.8, 4) is 34.1 Å². The minimum atomic E-state index is -2.69. The molecule has 0 unspecified atom stereocenters. The summed E-state index contributed by atoms with van der Waals surface area (Å²) in [7, 11) is 0. The highest BCUT2D eigenvalue weighted by molar-refractivity contribution is 9.10. The predicted octanol–water partition coefficient (Wildman–Crippen LogP) is 6.48. The van der Waals surface area contributed by atoms with Crippen molar-refractivity contribution in [2.24, 2.45) is 5.41 Å². The van der Waals surface area contributed by atoms with Crippen molar-refractivity contribution >= 4 is 27.6 Å². The first kappa shape index (κ1) is 26.3. The largest absolute Gasteiger partial charge is 0.507 e. The molecular formula is C30H30BrF2N7O. The van der Waals surface area contributed by atoms with Crippen LogP contribution in [0, 0.1) is 5.41 Å². The molecule has 1 aliphatic carbocycles. The van der Waals surface area contributed by atoms with Gasteiger partial charge in [0.05, 0.1) is 29.0 Å². The molecule has 7 rings (SSSR count). The van der Waals surface area contributed by atoms with Gasteiger partial charge >= 0.3 is 0 Å². The third-order valence-corrected chi connectivity index (χ3v) is 9.23. The maximum Gasteiger partial charge on any atom is 0.251 e. The van der Waals surface area contributed by atoms with Gasteiger partial charge in [-0.05, 0) is 67.5 Å². The van der Waals surface area contributed by atoms with Gasteiger partial charge in [-0.15, -0.1) is 5.10 Å². The van der Waals surface area contributed by atoms with Crippen LogP contribution in [0.15, 0.2) is 59.2 Å². The van der Waals surface area contributed by atoms with Gasteiger partial charge in [0.2, 0.25) is 5.95 Å². The lowest BCUT2D eigenvalue weighted by atomic mass is 9.93. The highest BCUT2D eigenvalue weighted by Crippen LogP contribution is 2.54. The number of phenols is 1. The van der Waals surface area contributed by atoms with Crippen molar-refractivity contribution in [3.05, 3.63) is 59.2 Å². The molecule has 4 aromatic rings. The summed E-state index contributed by atoms with van der Waals surface area (Å²) < 4.78 is 30.6. The quantitative estimate of drug-likeness (QED) is 0.273. The topological polar surface area (TPSA) is 83.2 Å². The Hall–Kier alpha value is -3.60. The van der Waals surface area contributed by atoms with Crippen LogP contribution >= 0.6 is 15.9 Å². The van der Waals surface area contributed by atoms with Crippen LogP contribution < -0.4 is 9.80 Å². The Bertz CT molecular complexity index is 1590. The first-order valence-electron chi connectivity index (χ1n) is 14.1. The van der Waals surface area contributed by atoms with Gasteiger partial charge in [-0.25, -0.2) is 23.4 Å². The van der Waals surface area contributed by atoms with Crippen molar-refractivity contribution in [3.63, 3.8) is 0 Å². The summed E-state index contributed by atoms with van der Waals surface area (Å²) in [6, 6.07) is 14.8. The van der Waals surface area contributed by atoms with Gasteiger partial charge in [-0.3, -0.25) is 0 Å². The molecule has 0 bridgehead atoms. The highest BCUT2D eigenvalue weighted by atomic mass is 79.9. The first-order chi connectivity index (χ1) is 19.8. The highest BCUT2D eigenvalue weighted by Gasteiger charge is 2.44. The molecule has 4 heterocycles. The average Bonchev–Trinajstić information content (AvgIpc) is 3.53. The summed E-state index contributed by atoms with van der Waals surface area (Å²) in [5, 5.41) is 19.5. The zero-order chi connectivity index (χ0) is 28.2. The second-order valence-corrected chi connectivity index (χ2v) is 12.4. The van der Waals surface area contributed by atoms with Crippen molar-refractivity contribution < 1.29 is 13.9 Å². The number of aromatic hydroxyl groups is 1. The maximum absolute atomic E-state index is 13.9. The molecule has 1 N–H and O–H groups in total. The minimum absolute atomic E-state index is 0.0749. The third kappa shape index (κ3) is 5.27. The average molecular weight is 623 g/mol. The lowest BCUT2D eigenvalue weighted by Crippen LogP contribution is -2.40. The molecule has 41 heavy (non-hydrogen) atoms. The van der Waals surface area contributed by atoms with Crippen molar-refractivity contribution in [2.75, 3.05) is 36.0 Å². The number of phenolic OH excluding ortho intramolecular Hbond substituents is 1. The Kier molecular flexibility index (Phi) is 6.44. The predicted molar refractivity (Wildman–Crippen MR) is 157 cm³/mol. The van der Waals surface area contributed by atoms with Crippen LogP contribution in [0.3, 0.4) is 0 Å². The second-order valence-electron chi connectivity index (χ2n) is 11.5. The smallest absolute Gasteiger partial charge is 0.251 e. The van der Waals surface area contributed by atoms with Gasteiger partial charge in [-0.2, -0.15) is 0 Å². The molecule has 2 saturated heterocycles. The van der Waals surface area contributed by atoms with Gasteiger partial charge in [-0.1, -0.05) is 33.3 Å². The molecule has 8 nitrogen and oxygen atoms in total. The van der Waals surface area contributed by atoms with E-state index in [2.05, 4.69) is 42.2 Å². The number of piperidine rings is 2. The molecule has 212 valence electrons. The van der Waals surface area contributed by atoms with E-state index in [0.717, 1.165) is 28.9 Å². The van der Waals surface area contributed by atoms with E-state index in [4.69, 9.17) is 4.98 Å². The van der Waals surface area contributed by atoms with Crippen LogP contribution in [0.5, 0.6) is 5.75 Å². The van der Waals surface area contributed by atoms with Gasteiger partial charge in [0.1, 0.15) is 11.4 Å². The third-order valence-electron chi connectivity index (χ3n) is 8.73. The lowest BCUT2D eigenvalue weighted by Gasteiger charge is -2.35. The van der Waals surface area contributed by atoms with Crippen LogP contribution in [0.1, 0.15) is 38.5 Å². The number of aromatic nitrogens is 5. The monoisotopic (exact) mass is 621 g/mol. The molecule has 0 atom stereocenters. The van der Waals surface area contributed by atoms with Crippen LogP contribution in [0.2, 0.25) is 0 Å². The fraction of sp³-hybridized carbons (Fsp3) is 0.400. The second kappa shape index (κ2) is 10.0. The number of para-hydroxylation sites is 1. The number of benzene rings is 2. The van der Waals surface area contributed by atoms with E-state index in [-0.39, 0.29) is 31.7 Å².